The first-order valence-electron chi connectivity index (χ1n) is 13.1. The van der Waals surface area contributed by atoms with E-state index in [9.17, 15) is 0 Å². The fourth-order valence-electron chi connectivity index (χ4n) is 6.34. The molecule has 5 aromatic carbocycles. The van der Waals surface area contributed by atoms with Crippen molar-refractivity contribution in [1.29, 1.82) is 0 Å². The maximum Gasteiger partial charge on any atom is 0.241 e. The van der Waals surface area contributed by atoms with Gasteiger partial charge in [0.05, 0.1) is 0 Å². The Kier molecular flexibility index (Phi) is 6.22. The molecule has 0 atom stereocenters. The minimum Gasteiger partial charge on any atom is -0.134 e. The van der Waals surface area contributed by atoms with E-state index in [2.05, 4.69) is 154 Å². The molecule has 37 heavy (non-hydrogen) atoms. The summed E-state index contributed by atoms with van der Waals surface area (Å²) < 4.78 is 0. The highest BCUT2D eigenvalue weighted by molar-refractivity contribution is 8.33. The van der Waals surface area contributed by atoms with Crippen LogP contribution in [0.15, 0.2) is 120 Å². The minimum absolute atomic E-state index is 0.232. The van der Waals surface area contributed by atoms with Crippen molar-refractivity contribution in [3.8, 4) is 0 Å². The van der Waals surface area contributed by atoms with Gasteiger partial charge in [0.15, 0.2) is 0 Å². The van der Waals surface area contributed by atoms with E-state index in [0.717, 1.165) is 0 Å². The number of rotatable bonds is 4. The van der Waals surface area contributed by atoms with E-state index in [1.807, 2.05) is 0 Å². The molecule has 0 aliphatic carbocycles. The summed E-state index contributed by atoms with van der Waals surface area (Å²) in [4.78, 5) is 1.34. The SMILES string of the molecule is Cc1ccc(S[Si]2(c3ccccc3)c3ccccc3B(c3c(C)cc(C)cc3C)c3ccccc32)cc1. The zero-order valence-electron chi connectivity index (χ0n) is 22.0. The molecule has 0 unspecified atom stereocenters. The monoisotopic (exact) mass is 510 g/mol. The summed E-state index contributed by atoms with van der Waals surface area (Å²) in [6, 6.07) is 43.7. The third-order valence-corrected chi connectivity index (χ3v) is 15.8. The summed E-state index contributed by atoms with van der Waals surface area (Å²) in [5.74, 6) is 0. The van der Waals surface area contributed by atoms with Gasteiger partial charge >= 0.3 is 0 Å². The molecule has 1 aliphatic heterocycles. The van der Waals surface area contributed by atoms with Crippen LogP contribution in [0.3, 0.4) is 0 Å². The van der Waals surface area contributed by atoms with Crippen molar-refractivity contribution in [2.75, 3.05) is 0 Å². The van der Waals surface area contributed by atoms with Gasteiger partial charge in [-0.05, 0) is 55.4 Å². The molecule has 0 fully saturated rings. The lowest BCUT2D eigenvalue weighted by Crippen LogP contribution is -2.81. The molecule has 180 valence electrons. The molecular weight excluding hydrogens is 479 g/mol. The average Bonchev–Trinajstić information content (AvgIpc) is 2.91. The van der Waals surface area contributed by atoms with Crippen molar-refractivity contribution >= 4 is 57.1 Å². The predicted octanol–water partition coefficient (Wildman–Crippen LogP) is 4.51. The van der Waals surface area contributed by atoms with Crippen LogP contribution in [0.4, 0.5) is 0 Å². The molecule has 0 aromatic heterocycles. The Bertz CT molecular complexity index is 1520. The molecule has 1 heterocycles. The van der Waals surface area contributed by atoms with E-state index in [1.54, 1.807) is 0 Å². The Morgan fingerprint density at radius 1 is 0.541 bits per heavy atom. The highest BCUT2D eigenvalue weighted by atomic mass is 32.4. The van der Waals surface area contributed by atoms with Gasteiger partial charge in [-0.3, -0.25) is 0 Å². The number of hydrogen-bond acceptors (Lipinski definition) is 1. The normalized spacial score (nSPS) is 13.7. The largest absolute Gasteiger partial charge is 0.241 e. The first-order valence-corrected chi connectivity index (χ1v) is 16.6. The highest BCUT2D eigenvalue weighted by Gasteiger charge is 2.50. The zero-order valence-corrected chi connectivity index (χ0v) is 23.8. The van der Waals surface area contributed by atoms with Crippen LogP contribution in [0.1, 0.15) is 22.3 Å². The summed E-state index contributed by atoms with van der Waals surface area (Å²) in [5.41, 5.74) is 9.78. The van der Waals surface area contributed by atoms with Crippen LogP contribution >= 0.6 is 11.2 Å². The van der Waals surface area contributed by atoms with Gasteiger partial charge in [-0.15, -0.1) is 11.2 Å². The molecule has 0 radical (unpaired) electrons. The molecule has 3 heteroatoms. The summed E-state index contributed by atoms with van der Waals surface area (Å²) in [6.07, 6.45) is 0. The maximum absolute atomic E-state index is 2.46. The number of fused-ring (bicyclic) bond motifs is 2. The van der Waals surface area contributed by atoms with Crippen molar-refractivity contribution in [1.82, 2.24) is 0 Å². The molecule has 0 amide bonds. The molecule has 5 aromatic rings. The lowest BCUT2D eigenvalue weighted by Gasteiger charge is -2.42. The summed E-state index contributed by atoms with van der Waals surface area (Å²) >= 11 is 2.11. The Hall–Kier alpha value is -3.27. The van der Waals surface area contributed by atoms with E-state index in [0.29, 0.717) is 0 Å². The Labute approximate surface area is 226 Å². The van der Waals surface area contributed by atoms with E-state index >= 15 is 0 Å². The van der Waals surface area contributed by atoms with Crippen molar-refractivity contribution in [2.24, 2.45) is 0 Å². The molecule has 0 saturated heterocycles. The van der Waals surface area contributed by atoms with Crippen LogP contribution in [0.2, 0.25) is 0 Å². The van der Waals surface area contributed by atoms with Crippen LogP contribution in [0, 0.1) is 27.7 Å². The molecule has 0 bridgehead atoms. The Morgan fingerprint density at radius 3 is 1.62 bits per heavy atom. The molecule has 0 N–H and O–H groups in total. The van der Waals surface area contributed by atoms with E-state index in [-0.39, 0.29) is 6.71 Å². The second-order valence-corrected chi connectivity index (χ2v) is 16.5. The minimum atomic E-state index is -2.46. The quantitative estimate of drug-likeness (QED) is 0.321. The lowest BCUT2D eigenvalue weighted by atomic mass is 9.35. The fourth-order valence-corrected chi connectivity index (χ4v) is 14.8. The van der Waals surface area contributed by atoms with Crippen molar-refractivity contribution in [3.05, 3.63) is 138 Å². The third-order valence-electron chi connectivity index (χ3n) is 7.80. The molecule has 6 rings (SSSR count). The Morgan fingerprint density at radius 2 is 1.05 bits per heavy atom. The van der Waals surface area contributed by atoms with Crippen LogP contribution < -0.4 is 31.9 Å². The van der Waals surface area contributed by atoms with Crippen molar-refractivity contribution in [3.63, 3.8) is 0 Å². The fraction of sp³-hybridized carbons (Fsp3) is 0.118. The second kappa shape index (κ2) is 9.55. The van der Waals surface area contributed by atoms with Gasteiger partial charge in [-0.25, -0.2) is 0 Å². The van der Waals surface area contributed by atoms with Crippen LogP contribution in [0.25, 0.3) is 0 Å². The lowest BCUT2D eigenvalue weighted by molar-refractivity contribution is 1.35. The predicted molar refractivity (Wildman–Crippen MR) is 166 cm³/mol. The number of hydrogen-bond donors (Lipinski definition) is 0. The summed E-state index contributed by atoms with van der Waals surface area (Å²) in [7, 11) is -2.46. The second-order valence-electron chi connectivity index (χ2n) is 10.4. The van der Waals surface area contributed by atoms with E-state index in [4.69, 9.17) is 0 Å². The van der Waals surface area contributed by atoms with Crippen LogP contribution in [0.5, 0.6) is 0 Å². The van der Waals surface area contributed by atoms with E-state index in [1.165, 1.54) is 59.1 Å². The summed E-state index contributed by atoms with van der Waals surface area (Å²) in [5, 5.41) is 4.50. The standard InChI is InChI=1S/C34H31BSSi/c1-24-18-20-28(21-19-24)36-37(29-12-6-5-7-13-29)32-16-10-8-14-30(32)35(31-15-9-11-17-33(31)37)34-26(3)22-25(2)23-27(34)4/h5-23H,1-4H3. The van der Waals surface area contributed by atoms with Gasteiger partial charge in [0.25, 0.3) is 0 Å². The maximum atomic E-state index is 2.43. The van der Waals surface area contributed by atoms with Gasteiger partial charge in [0.1, 0.15) is 0 Å². The van der Waals surface area contributed by atoms with Gasteiger partial charge in [-0.2, -0.15) is 0 Å². The topological polar surface area (TPSA) is 0 Å². The van der Waals surface area contributed by atoms with Gasteiger partial charge < -0.3 is 0 Å². The highest BCUT2D eigenvalue weighted by Crippen LogP contribution is 2.30. The molecule has 0 nitrogen and oxygen atoms in total. The first kappa shape index (κ1) is 24.1. The van der Waals surface area contributed by atoms with Crippen molar-refractivity contribution in [2.45, 2.75) is 32.6 Å². The van der Waals surface area contributed by atoms with E-state index < -0.39 is 7.22 Å². The summed E-state index contributed by atoms with van der Waals surface area (Å²) in [6.45, 7) is 9.19. The average molecular weight is 511 g/mol. The Balaban J connectivity index is 1.70. The number of aryl methyl sites for hydroxylation is 4. The van der Waals surface area contributed by atoms with Gasteiger partial charge in [0, 0.05) is 4.90 Å². The molecule has 1 aliphatic rings. The first-order chi connectivity index (χ1) is 18.0. The van der Waals surface area contributed by atoms with Gasteiger partial charge in [-0.1, -0.05) is 142 Å². The zero-order chi connectivity index (χ0) is 25.6. The van der Waals surface area contributed by atoms with Crippen LogP contribution in [-0.4, -0.2) is 13.9 Å². The smallest absolute Gasteiger partial charge is 0.134 e. The third kappa shape index (κ3) is 4.02. The van der Waals surface area contributed by atoms with Crippen LogP contribution in [-0.2, 0) is 0 Å². The number of benzene rings is 5. The van der Waals surface area contributed by atoms with Gasteiger partial charge in [0.2, 0.25) is 13.9 Å². The molecule has 0 saturated carbocycles. The molecular formula is C34H31BSSi. The molecule has 0 spiro atoms. The van der Waals surface area contributed by atoms with Crippen molar-refractivity contribution < 1.29 is 0 Å².